The number of amides is 2. The van der Waals surface area contributed by atoms with Gasteiger partial charge in [-0.25, -0.2) is 4.84 Å². The predicted molar refractivity (Wildman–Crippen MR) is 100 cm³/mol. The summed E-state index contributed by atoms with van der Waals surface area (Å²) in [6, 6.07) is 7.89. The molecule has 142 valence electrons. The monoisotopic (exact) mass is 446 g/mol. The van der Waals surface area contributed by atoms with Gasteiger partial charge in [0.25, 0.3) is 11.8 Å². The van der Waals surface area contributed by atoms with E-state index < -0.39 is 18.1 Å². The Bertz CT molecular complexity index is 701. The molecule has 2 N–H and O–H groups in total. The fraction of sp³-hybridized carbons (Fsp3) is 0.375. The molecule has 1 aliphatic heterocycles. The number of aliphatic hydroxyl groups excluding tert-OH is 1. The third-order valence-electron chi connectivity index (χ3n) is 3.60. The molecule has 1 aliphatic rings. The van der Waals surface area contributed by atoms with Crippen molar-refractivity contribution in [2.45, 2.75) is 26.0 Å². The number of likely N-dealkylation sites (N-methyl/N-ethyl adjacent to an activating group) is 1. The van der Waals surface area contributed by atoms with Gasteiger partial charge in [0.2, 0.25) is 0 Å². The van der Waals surface area contributed by atoms with Crippen molar-refractivity contribution in [2.75, 3.05) is 19.1 Å². The predicted octanol–water partition coefficient (Wildman–Crippen LogP) is 2.03. The number of carbonyl (C=O) groups is 2. The number of halogens is 2. The minimum Gasteiger partial charge on any atom is -0.391 e. The van der Waals surface area contributed by atoms with Crippen molar-refractivity contribution in [3.05, 3.63) is 40.4 Å². The minimum absolute atomic E-state index is 0.115. The maximum Gasteiger partial charge on any atom is 0.292 e. The van der Waals surface area contributed by atoms with Crippen LogP contribution in [0, 0.1) is 0 Å². The molecule has 1 unspecified atom stereocenters. The van der Waals surface area contributed by atoms with Gasteiger partial charge in [0.1, 0.15) is 6.61 Å². The van der Waals surface area contributed by atoms with Crippen molar-refractivity contribution < 1.29 is 19.5 Å². The van der Waals surface area contributed by atoms with Gasteiger partial charge in [-0.05, 0) is 26.0 Å². The van der Waals surface area contributed by atoms with E-state index in [9.17, 15) is 14.7 Å². The van der Waals surface area contributed by atoms with Gasteiger partial charge in [0, 0.05) is 28.9 Å². The third kappa shape index (κ3) is 4.54. The lowest BCUT2D eigenvalue weighted by atomic mass is 10.1. The lowest BCUT2D eigenvalue weighted by molar-refractivity contribution is -0.191. The molecule has 0 saturated carbocycles. The van der Waals surface area contributed by atoms with Crippen molar-refractivity contribution in [1.82, 2.24) is 14.7 Å². The Kier molecular flexibility index (Phi) is 7.01. The van der Waals surface area contributed by atoms with Crippen molar-refractivity contribution in [3.8, 4) is 0 Å². The maximum absolute atomic E-state index is 13.1. The molecule has 0 aromatic heterocycles. The first-order valence-electron chi connectivity index (χ1n) is 7.80. The Balaban J connectivity index is 2.30. The number of hydroxylamine groups is 1. The average Bonchev–Trinajstić information content (AvgIpc) is 2.62. The molecule has 0 radical (unpaired) electrons. The first kappa shape index (κ1) is 20.7. The minimum atomic E-state index is -1.02. The van der Waals surface area contributed by atoms with E-state index in [-0.39, 0.29) is 12.5 Å². The largest absolute Gasteiger partial charge is 0.391 e. The van der Waals surface area contributed by atoms with E-state index >= 15 is 0 Å². The van der Waals surface area contributed by atoms with E-state index in [1.165, 1.54) is 14.0 Å². The van der Waals surface area contributed by atoms with Crippen molar-refractivity contribution >= 4 is 45.2 Å². The molecule has 10 heteroatoms. The molecule has 0 aliphatic carbocycles. The van der Waals surface area contributed by atoms with E-state index in [2.05, 4.69) is 21.4 Å². The van der Waals surface area contributed by atoms with Gasteiger partial charge in [-0.1, -0.05) is 34.1 Å². The fourth-order valence-corrected chi connectivity index (χ4v) is 3.10. The van der Waals surface area contributed by atoms with Crippen LogP contribution in [-0.4, -0.2) is 57.4 Å². The van der Waals surface area contributed by atoms with E-state index in [0.717, 1.165) is 14.7 Å². The highest BCUT2D eigenvalue weighted by molar-refractivity contribution is 9.11. The molecule has 26 heavy (non-hydrogen) atoms. The topological polar surface area (TPSA) is 85.3 Å². The summed E-state index contributed by atoms with van der Waals surface area (Å²) in [7, 11) is 1.46. The van der Waals surface area contributed by atoms with Crippen LogP contribution in [0.4, 0.5) is 5.69 Å². The number of nitrogens with one attached hydrogen (secondary N) is 1. The highest BCUT2D eigenvalue weighted by Crippen LogP contribution is 2.31. The summed E-state index contributed by atoms with van der Waals surface area (Å²) < 4.78 is 1.33. The van der Waals surface area contributed by atoms with Crippen LogP contribution in [0.1, 0.15) is 13.8 Å². The van der Waals surface area contributed by atoms with Gasteiger partial charge in [-0.3, -0.25) is 20.0 Å². The second-order valence-corrected chi connectivity index (χ2v) is 6.95. The summed E-state index contributed by atoms with van der Waals surface area (Å²) in [5.41, 5.74) is 3.79. The average molecular weight is 448 g/mol. The molecule has 2 atom stereocenters. The van der Waals surface area contributed by atoms with E-state index in [1.807, 2.05) is 6.07 Å². The quantitative estimate of drug-likeness (QED) is 0.513. The number of para-hydroxylation sites is 1. The van der Waals surface area contributed by atoms with Gasteiger partial charge < -0.3 is 5.11 Å². The van der Waals surface area contributed by atoms with Crippen molar-refractivity contribution in [2.24, 2.45) is 0 Å². The second kappa shape index (κ2) is 8.83. The van der Waals surface area contributed by atoms with Crippen molar-refractivity contribution in [3.63, 3.8) is 0 Å². The first-order valence-corrected chi connectivity index (χ1v) is 8.93. The Hall–Kier alpha value is -1.65. The molecule has 1 aromatic rings. The lowest BCUT2D eigenvalue weighted by Gasteiger charge is -2.38. The smallest absolute Gasteiger partial charge is 0.292 e. The zero-order chi connectivity index (χ0) is 19.4. The highest BCUT2D eigenvalue weighted by atomic mass is 79.9. The number of anilines is 1. The highest BCUT2D eigenvalue weighted by Gasteiger charge is 2.42. The number of hydrazine groups is 2. The molecule has 8 nitrogen and oxygen atoms in total. The number of rotatable bonds is 6. The maximum atomic E-state index is 13.1. The fourth-order valence-electron chi connectivity index (χ4n) is 2.18. The summed E-state index contributed by atoms with van der Waals surface area (Å²) in [6.45, 7) is 3.01. The first-order chi connectivity index (χ1) is 12.2. The van der Waals surface area contributed by atoms with E-state index in [0.29, 0.717) is 15.7 Å². The van der Waals surface area contributed by atoms with Crippen LogP contribution >= 0.6 is 27.7 Å². The summed E-state index contributed by atoms with van der Waals surface area (Å²) in [5.74, 6) is -0.904. The number of carbonyl (C=O) groups excluding carboxylic acids is 2. The van der Waals surface area contributed by atoms with Crippen LogP contribution in [-0.2, 0) is 14.4 Å². The molecule has 0 spiro atoms. The summed E-state index contributed by atoms with van der Waals surface area (Å²) >= 11 is 9.48. The number of aliphatic hydroxyl groups is 1. The molecule has 1 aromatic carbocycles. The van der Waals surface area contributed by atoms with E-state index in [4.69, 9.17) is 16.6 Å². The zero-order valence-electron chi connectivity index (χ0n) is 14.5. The molecule has 2 amide bonds. The van der Waals surface area contributed by atoms with Crippen LogP contribution in [0.3, 0.4) is 0 Å². The van der Waals surface area contributed by atoms with Crippen molar-refractivity contribution in [1.29, 1.82) is 0 Å². The number of hydrogen-bond donors (Lipinski definition) is 2. The standard InChI is InChI=1S/C16H20BrClN4O4/c1-10(23)9-26-22(19-12-7-5-4-6-8-12)16(25)14-13(17)11(2)15(24)20(3)21(14)18/h4-8,10,14,19,23H,9H2,1-3H3/t10?,14-/m1/s1. The van der Waals surface area contributed by atoms with Crippen LogP contribution in [0.25, 0.3) is 0 Å². The number of benzene rings is 1. The molecule has 0 fully saturated rings. The van der Waals surface area contributed by atoms with Crippen LogP contribution in [0.5, 0.6) is 0 Å². The summed E-state index contributed by atoms with van der Waals surface area (Å²) in [4.78, 5) is 30.6. The molecule has 1 heterocycles. The lowest BCUT2D eigenvalue weighted by Crippen LogP contribution is -2.56. The van der Waals surface area contributed by atoms with Crippen LogP contribution < -0.4 is 5.43 Å². The third-order valence-corrected chi connectivity index (χ3v) is 5.05. The van der Waals surface area contributed by atoms with Gasteiger partial charge in [-0.15, -0.1) is 9.70 Å². The van der Waals surface area contributed by atoms with E-state index in [1.54, 1.807) is 31.2 Å². The molecular weight excluding hydrogens is 428 g/mol. The molecule has 0 saturated heterocycles. The Morgan fingerprint density at radius 2 is 2.08 bits per heavy atom. The van der Waals surface area contributed by atoms with Gasteiger partial charge in [0.05, 0.1) is 11.8 Å². The Labute approximate surface area is 165 Å². The SMILES string of the molecule is CC1=C(Br)[C@H](C(=O)N(Nc2ccccc2)OCC(C)O)N(Cl)N(C)C1=O. The summed E-state index contributed by atoms with van der Waals surface area (Å²) in [5, 5.41) is 11.5. The van der Waals surface area contributed by atoms with Gasteiger partial charge >= 0.3 is 0 Å². The Morgan fingerprint density at radius 1 is 1.46 bits per heavy atom. The normalized spacial score (nSPS) is 19.5. The zero-order valence-corrected chi connectivity index (χ0v) is 16.9. The Morgan fingerprint density at radius 3 is 2.65 bits per heavy atom. The molecule has 2 rings (SSSR count). The molecule has 0 bridgehead atoms. The molecular formula is C16H20BrClN4O4. The van der Waals surface area contributed by atoms with Gasteiger partial charge in [-0.2, -0.15) is 0 Å². The summed E-state index contributed by atoms with van der Waals surface area (Å²) in [6.07, 6.45) is -0.786. The number of nitrogens with zero attached hydrogens (tertiary/aromatic N) is 3. The second-order valence-electron chi connectivity index (χ2n) is 5.75. The van der Waals surface area contributed by atoms with Crippen LogP contribution in [0.15, 0.2) is 40.4 Å². The number of hydrogen-bond acceptors (Lipinski definition) is 6. The van der Waals surface area contributed by atoms with Crippen LogP contribution in [0.2, 0.25) is 0 Å². The van der Waals surface area contributed by atoms with Gasteiger partial charge in [0.15, 0.2) is 6.04 Å².